The number of allylic oxidation sites excluding steroid dienone is 2. The average molecular weight is 501 g/mol. The Morgan fingerprint density at radius 3 is 1.21 bits per heavy atom. The van der Waals surface area contributed by atoms with Crippen molar-refractivity contribution in [3.05, 3.63) is 142 Å². The Kier molecular flexibility index (Phi) is 8.86. The Hall–Kier alpha value is -4.04. The van der Waals surface area contributed by atoms with Crippen molar-refractivity contribution in [2.75, 3.05) is 11.5 Å². The molecule has 0 unspecified atom stereocenters. The van der Waals surface area contributed by atoms with Gasteiger partial charge in [-0.15, -0.1) is 0 Å². The molecule has 0 heterocycles. The van der Waals surface area contributed by atoms with E-state index < -0.39 is 0 Å². The van der Waals surface area contributed by atoms with Crippen LogP contribution in [0.2, 0.25) is 0 Å². The minimum absolute atomic E-state index is 0.875. The quantitative estimate of drug-likeness (QED) is 0.178. The van der Waals surface area contributed by atoms with E-state index in [-0.39, 0.29) is 0 Å². The molecule has 38 heavy (non-hydrogen) atoms. The molecule has 4 N–H and O–H groups in total. The second-order valence-electron chi connectivity index (χ2n) is 9.63. The summed E-state index contributed by atoms with van der Waals surface area (Å²) in [6.07, 6.45) is 8.26. The largest absolute Gasteiger partial charge is 0.398 e. The van der Waals surface area contributed by atoms with E-state index in [9.17, 15) is 0 Å². The molecule has 4 aromatic rings. The van der Waals surface area contributed by atoms with E-state index in [4.69, 9.17) is 11.5 Å². The number of nitrogen functional groups attached to an aromatic ring is 2. The highest BCUT2D eigenvalue weighted by molar-refractivity contribution is 5.89. The Morgan fingerprint density at radius 1 is 0.474 bits per heavy atom. The Morgan fingerprint density at radius 2 is 0.842 bits per heavy atom. The second kappa shape index (κ2) is 12.5. The van der Waals surface area contributed by atoms with Crippen LogP contribution in [0.1, 0.15) is 72.2 Å². The monoisotopic (exact) mass is 500 g/mol. The summed E-state index contributed by atoms with van der Waals surface area (Å²) in [6.45, 7) is 8.84. The highest BCUT2D eigenvalue weighted by Crippen LogP contribution is 2.37. The van der Waals surface area contributed by atoms with Crippen molar-refractivity contribution >= 4 is 22.5 Å². The summed E-state index contributed by atoms with van der Waals surface area (Å²) < 4.78 is 0. The molecule has 0 bridgehead atoms. The minimum atomic E-state index is 0.875. The lowest BCUT2D eigenvalue weighted by Gasteiger charge is -2.22. The first-order chi connectivity index (χ1) is 18.5. The molecule has 0 aliphatic heterocycles. The van der Waals surface area contributed by atoms with Crippen molar-refractivity contribution in [3.8, 4) is 0 Å². The maximum atomic E-state index is 6.46. The lowest BCUT2D eigenvalue weighted by molar-refractivity contribution is 1.02. The van der Waals surface area contributed by atoms with E-state index in [0.717, 1.165) is 37.1 Å². The van der Waals surface area contributed by atoms with Gasteiger partial charge in [0.25, 0.3) is 0 Å². The van der Waals surface area contributed by atoms with E-state index in [1.165, 1.54) is 55.7 Å². The van der Waals surface area contributed by atoms with Crippen LogP contribution in [0.25, 0.3) is 11.1 Å². The first kappa shape index (κ1) is 27.0. The van der Waals surface area contributed by atoms with Crippen LogP contribution >= 0.6 is 0 Å². The molecular formula is C36H40N2. The molecule has 0 saturated heterocycles. The van der Waals surface area contributed by atoms with Crippen LogP contribution in [0.5, 0.6) is 0 Å². The smallest absolute Gasteiger partial charge is 0.0349 e. The number of nitrogens with two attached hydrogens (primary N) is 2. The SMILES string of the molecule is CCc1c(N)ccc(C(=CC=C(c2ccccc2)c2ccccc2)c2ccc(N)c(CC)c2CC)c1CC. The molecule has 0 radical (unpaired) electrons. The first-order valence-electron chi connectivity index (χ1n) is 13.9. The third-order valence-corrected chi connectivity index (χ3v) is 7.52. The summed E-state index contributed by atoms with van der Waals surface area (Å²) in [5.74, 6) is 0. The van der Waals surface area contributed by atoms with E-state index >= 15 is 0 Å². The molecule has 4 aromatic carbocycles. The number of hydrogen-bond donors (Lipinski definition) is 2. The van der Waals surface area contributed by atoms with Gasteiger partial charge in [-0.2, -0.15) is 0 Å². The molecule has 0 saturated carbocycles. The molecule has 0 atom stereocenters. The number of anilines is 2. The van der Waals surface area contributed by atoms with Gasteiger partial charge in [0, 0.05) is 11.4 Å². The van der Waals surface area contributed by atoms with Gasteiger partial charge in [0.1, 0.15) is 0 Å². The third kappa shape index (κ3) is 5.45. The maximum absolute atomic E-state index is 6.46. The molecule has 0 amide bonds. The fourth-order valence-electron chi connectivity index (χ4n) is 5.66. The Balaban J connectivity index is 2.06. The normalized spacial score (nSPS) is 10.7. The Labute approximate surface area is 228 Å². The molecule has 0 spiro atoms. The van der Waals surface area contributed by atoms with Crippen molar-refractivity contribution in [3.63, 3.8) is 0 Å². The summed E-state index contributed by atoms with van der Waals surface area (Å²) in [7, 11) is 0. The van der Waals surface area contributed by atoms with Crippen LogP contribution < -0.4 is 11.5 Å². The van der Waals surface area contributed by atoms with Gasteiger partial charge in [0.2, 0.25) is 0 Å². The van der Waals surface area contributed by atoms with Crippen molar-refractivity contribution in [1.29, 1.82) is 0 Å². The summed E-state index contributed by atoms with van der Waals surface area (Å²) in [6, 6.07) is 29.8. The van der Waals surface area contributed by atoms with Gasteiger partial charge in [0.15, 0.2) is 0 Å². The van der Waals surface area contributed by atoms with Gasteiger partial charge in [0.05, 0.1) is 0 Å². The fraction of sp³-hybridized carbons (Fsp3) is 0.222. The van der Waals surface area contributed by atoms with E-state index in [1.54, 1.807) is 0 Å². The zero-order chi connectivity index (χ0) is 27.1. The molecule has 0 aliphatic rings. The second-order valence-corrected chi connectivity index (χ2v) is 9.63. The van der Waals surface area contributed by atoms with Crippen LogP contribution in [0.15, 0.2) is 97.1 Å². The zero-order valence-electron chi connectivity index (χ0n) is 23.2. The molecule has 194 valence electrons. The topological polar surface area (TPSA) is 52.0 Å². The molecule has 2 heteroatoms. The van der Waals surface area contributed by atoms with Crippen LogP contribution in [0, 0.1) is 0 Å². The van der Waals surface area contributed by atoms with E-state index in [1.807, 2.05) is 0 Å². The van der Waals surface area contributed by atoms with Crippen LogP contribution in [0.3, 0.4) is 0 Å². The third-order valence-electron chi connectivity index (χ3n) is 7.52. The predicted molar refractivity (Wildman–Crippen MR) is 166 cm³/mol. The van der Waals surface area contributed by atoms with Crippen molar-refractivity contribution in [1.82, 2.24) is 0 Å². The van der Waals surface area contributed by atoms with E-state index in [2.05, 4.69) is 125 Å². The van der Waals surface area contributed by atoms with Crippen LogP contribution in [-0.4, -0.2) is 0 Å². The zero-order valence-corrected chi connectivity index (χ0v) is 23.2. The average Bonchev–Trinajstić information content (AvgIpc) is 2.96. The summed E-state index contributed by atoms with van der Waals surface area (Å²) in [5.41, 5.74) is 27.1. The number of rotatable bonds is 9. The molecular weight excluding hydrogens is 460 g/mol. The number of hydrogen-bond acceptors (Lipinski definition) is 2. The first-order valence-corrected chi connectivity index (χ1v) is 13.9. The summed E-state index contributed by atoms with van der Waals surface area (Å²) in [4.78, 5) is 0. The van der Waals surface area contributed by atoms with Gasteiger partial charge in [-0.05, 0) is 93.5 Å². The molecule has 4 rings (SSSR count). The van der Waals surface area contributed by atoms with Crippen molar-refractivity contribution in [2.45, 2.75) is 53.4 Å². The molecule has 0 fully saturated rings. The van der Waals surface area contributed by atoms with Crippen molar-refractivity contribution in [2.24, 2.45) is 0 Å². The van der Waals surface area contributed by atoms with Gasteiger partial charge in [-0.25, -0.2) is 0 Å². The maximum Gasteiger partial charge on any atom is 0.0349 e. The molecule has 2 nitrogen and oxygen atoms in total. The van der Waals surface area contributed by atoms with E-state index in [0.29, 0.717) is 0 Å². The van der Waals surface area contributed by atoms with Gasteiger partial charge in [-0.1, -0.05) is 113 Å². The van der Waals surface area contributed by atoms with Crippen LogP contribution in [-0.2, 0) is 25.7 Å². The standard InChI is InChI=1S/C36H40N2/c1-5-27-29(7-3)35(37)23-21-32(27)34(33-22-24-36(38)30(8-4)28(33)6-2)20-19-31(25-15-11-9-12-16-25)26-17-13-10-14-18-26/h9-24H,5-8,37-38H2,1-4H3. The van der Waals surface area contributed by atoms with Gasteiger partial charge >= 0.3 is 0 Å². The lowest BCUT2D eigenvalue weighted by atomic mass is 9.83. The summed E-state index contributed by atoms with van der Waals surface area (Å²) >= 11 is 0. The Bertz CT molecular complexity index is 1340. The van der Waals surface area contributed by atoms with Gasteiger partial charge < -0.3 is 11.5 Å². The van der Waals surface area contributed by atoms with Gasteiger partial charge in [-0.3, -0.25) is 0 Å². The van der Waals surface area contributed by atoms with Crippen molar-refractivity contribution < 1.29 is 0 Å². The molecule has 0 aromatic heterocycles. The minimum Gasteiger partial charge on any atom is -0.398 e. The fourth-order valence-corrected chi connectivity index (χ4v) is 5.66. The summed E-state index contributed by atoms with van der Waals surface area (Å²) in [5, 5.41) is 0. The highest BCUT2D eigenvalue weighted by atomic mass is 14.6. The number of benzene rings is 4. The predicted octanol–water partition coefficient (Wildman–Crippen LogP) is 8.66. The molecule has 0 aliphatic carbocycles. The highest BCUT2D eigenvalue weighted by Gasteiger charge is 2.18. The van der Waals surface area contributed by atoms with Crippen LogP contribution in [0.4, 0.5) is 11.4 Å². The lowest BCUT2D eigenvalue weighted by Crippen LogP contribution is -2.07.